The molecule has 7 nitrogen and oxygen atoms in total. The summed E-state index contributed by atoms with van der Waals surface area (Å²) in [7, 11) is 3.29. The molecule has 1 unspecified atom stereocenters. The normalized spacial score (nSPS) is 21.0. The zero-order valence-corrected chi connectivity index (χ0v) is 15.0. The molecule has 2 heterocycles. The van der Waals surface area contributed by atoms with Crippen LogP contribution >= 0.6 is 0 Å². The predicted molar refractivity (Wildman–Crippen MR) is 95.7 cm³/mol. The van der Waals surface area contributed by atoms with E-state index in [2.05, 4.69) is 10.3 Å². The van der Waals surface area contributed by atoms with Gasteiger partial charge < -0.3 is 9.64 Å². The second-order valence-corrected chi connectivity index (χ2v) is 6.34. The lowest BCUT2D eigenvalue weighted by molar-refractivity contribution is -0.136. The highest BCUT2D eigenvalue weighted by molar-refractivity contribution is 6.10. The summed E-state index contributed by atoms with van der Waals surface area (Å²) in [5.41, 5.74) is 3.06. The lowest BCUT2D eigenvalue weighted by atomic mass is 10.0. The molecular weight excluding hydrogens is 334 g/mol. The molecule has 0 aliphatic carbocycles. The Hall–Kier alpha value is -2.96. The molecule has 1 aromatic rings. The lowest BCUT2D eigenvalue weighted by Gasteiger charge is -2.29. The topological polar surface area (TPSA) is 88.1 Å². The number of allylic oxidation sites excluding steroid dienone is 2. The van der Waals surface area contributed by atoms with E-state index in [4.69, 9.17) is 4.74 Å². The van der Waals surface area contributed by atoms with E-state index >= 15 is 0 Å². The highest BCUT2D eigenvalue weighted by Crippen LogP contribution is 2.28. The highest BCUT2D eigenvalue weighted by Gasteiger charge is 2.39. The monoisotopic (exact) mass is 355 g/mol. The van der Waals surface area contributed by atoms with E-state index in [1.54, 1.807) is 20.2 Å². The molecule has 0 bridgehead atoms. The zero-order valence-electron chi connectivity index (χ0n) is 15.0. The molecule has 1 N–H and O–H groups in total. The Balaban J connectivity index is 1.87. The fourth-order valence-electron chi connectivity index (χ4n) is 3.26. The van der Waals surface area contributed by atoms with Crippen molar-refractivity contribution in [3.05, 3.63) is 46.7 Å². The molecule has 7 heteroatoms. The van der Waals surface area contributed by atoms with Gasteiger partial charge in [-0.05, 0) is 31.0 Å². The van der Waals surface area contributed by atoms with Crippen molar-refractivity contribution in [1.29, 1.82) is 0 Å². The molecular formula is C19H21N3O4. The van der Waals surface area contributed by atoms with Gasteiger partial charge in [0, 0.05) is 37.2 Å². The van der Waals surface area contributed by atoms with E-state index < -0.39 is 11.9 Å². The molecule has 0 saturated carbocycles. The Morgan fingerprint density at radius 3 is 2.77 bits per heavy atom. The number of ether oxygens (including phenoxy) is 1. The first-order chi connectivity index (χ1) is 12.4. The molecule has 1 fully saturated rings. The number of carbonyl (C=O) groups excluding carboxylic acids is 3. The van der Waals surface area contributed by atoms with Crippen LogP contribution in [0.15, 0.2) is 35.0 Å². The van der Waals surface area contributed by atoms with Crippen molar-refractivity contribution < 1.29 is 19.1 Å². The summed E-state index contributed by atoms with van der Waals surface area (Å²) in [5, 5.41) is 2.31. The Labute approximate surface area is 151 Å². The van der Waals surface area contributed by atoms with Crippen LogP contribution in [0.25, 0.3) is 0 Å². The first-order valence-corrected chi connectivity index (χ1v) is 8.41. The largest absolute Gasteiger partial charge is 0.501 e. The molecule has 1 aromatic carbocycles. The van der Waals surface area contributed by atoms with Gasteiger partial charge >= 0.3 is 0 Å². The second-order valence-electron chi connectivity index (χ2n) is 6.34. The molecule has 0 aromatic heterocycles. The van der Waals surface area contributed by atoms with Crippen molar-refractivity contribution >= 4 is 23.4 Å². The number of fused-ring (bicyclic) bond motifs is 1. The highest BCUT2D eigenvalue weighted by atomic mass is 16.5. The number of carbonyl (C=O) groups is 3. The van der Waals surface area contributed by atoms with Crippen molar-refractivity contribution in [2.75, 3.05) is 14.2 Å². The third-order valence-corrected chi connectivity index (χ3v) is 4.72. The summed E-state index contributed by atoms with van der Waals surface area (Å²) in [5.74, 6) is -0.147. The lowest BCUT2D eigenvalue weighted by Crippen LogP contribution is -2.52. The smallest absolute Gasteiger partial charge is 0.255 e. The number of hydrogen-bond donors (Lipinski definition) is 1. The van der Waals surface area contributed by atoms with Gasteiger partial charge in [0.15, 0.2) is 0 Å². The number of benzene rings is 1. The van der Waals surface area contributed by atoms with Gasteiger partial charge in [-0.15, -0.1) is 0 Å². The first kappa shape index (κ1) is 17.8. The third kappa shape index (κ3) is 3.24. The average Bonchev–Trinajstić information content (AvgIpc) is 2.95. The van der Waals surface area contributed by atoms with Crippen molar-refractivity contribution in [2.45, 2.75) is 32.4 Å². The van der Waals surface area contributed by atoms with Crippen LogP contribution in [0.5, 0.6) is 0 Å². The number of methoxy groups -OCH3 is 1. The summed E-state index contributed by atoms with van der Waals surface area (Å²) < 4.78 is 5.18. The van der Waals surface area contributed by atoms with Crippen molar-refractivity contribution in [1.82, 2.24) is 10.2 Å². The number of rotatable bonds is 4. The quantitative estimate of drug-likeness (QED) is 0.503. The molecule has 3 rings (SSSR count). The number of nitrogens with one attached hydrogen (secondary N) is 1. The van der Waals surface area contributed by atoms with Crippen LogP contribution in [0.4, 0.5) is 0 Å². The minimum atomic E-state index is -0.606. The minimum absolute atomic E-state index is 0.181. The van der Waals surface area contributed by atoms with Gasteiger partial charge in [0.05, 0.1) is 18.6 Å². The number of piperidine rings is 1. The summed E-state index contributed by atoms with van der Waals surface area (Å²) >= 11 is 0. The maximum atomic E-state index is 12.7. The number of imide groups is 1. The third-order valence-electron chi connectivity index (χ3n) is 4.72. The van der Waals surface area contributed by atoms with E-state index in [0.717, 1.165) is 22.6 Å². The van der Waals surface area contributed by atoms with E-state index in [0.29, 0.717) is 18.5 Å². The number of amides is 3. The average molecular weight is 355 g/mol. The second kappa shape index (κ2) is 7.11. The molecule has 0 spiro atoms. The van der Waals surface area contributed by atoms with E-state index in [-0.39, 0.29) is 18.2 Å². The van der Waals surface area contributed by atoms with Crippen LogP contribution in [-0.2, 0) is 20.9 Å². The molecule has 26 heavy (non-hydrogen) atoms. The van der Waals surface area contributed by atoms with Gasteiger partial charge in [0.1, 0.15) is 6.04 Å². The summed E-state index contributed by atoms with van der Waals surface area (Å²) in [6.45, 7) is 2.19. The molecule has 3 amide bonds. The SMILES string of the molecule is CN=C(/C=C(\C)OC)c1ccc2c(c1)CN(C1CCC(=O)NC1=O)C2=O. The number of aliphatic imine (C=N–C) groups is 1. The molecule has 1 saturated heterocycles. The van der Waals surface area contributed by atoms with E-state index in [1.807, 2.05) is 25.1 Å². The Morgan fingerprint density at radius 1 is 1.35 bits per heavy atom. The van der Waals surface area contributed by atoms with Gasteiger partial charge in [-0.1, -0.05) is 6.07 Å². The van der Waals surface area contributed by atoms with Gasteiger partial charge in [0.2, 0.25) is 11.8 Å². The van der Waals surface area contributed by atoms with Crippen LogP contribution in [0.1, 0.15) is 41.3 Å². The van der Waals surface area contributed by atoms with Crippen LogP contribution in [0, 0.1) is 0 Å². The molecule has 136 valence electrons. The van der Waals surface area contributed by atoms with Crippen molar-refractivity contribution in [2.24, 2.45) is 4.99 Å². The van der Waals surface area contributed by atoms with Gasteiger partial charge in [-0.2, -0.15) is 0 Å². The molecule has 0 radical (unpaired) electrons. The number of hydrogen-bond acceptors (Lipinski definition) is 5. The van der Waals surface area contributed by atoms with Crippen LogP contribution in [-0.4, -0.2) is 48.5 Å². The van der Waals surface area contributed by atoms with Gasteiger partial charge in [-0.25, -0.2) is 0 Å². The maximum Gasteiger partial charge on any atom is 0.255 e. The van der Waals surface area contributed by atoms with Gasteiger partial charge in [0.25, 0.3) is 5.91 Å². The van der Waals surface area contributed by atoms with Crippen LogP contribution in [0.3, 0.4) is 0 Å². The first-order valence-electron chi connectivity index (χ1n) is 8.41. The molecule has 2 aliphatic rings. The Bertz CT molecular complexity index is 841. The minimum Gasteiger partial charge on any atom is -0.501 e. The maximum absolute atomic E-state index is 12.7. The van der Waals surface area contributed by atoms with E-state index in [1.165, 1.54) is 4.90 Å². The summed E-state index contributed by atoms with van der Waals surface area (Å²) in [4.78, 5) is 41.9. The predicted octanol–water partition coefficient (Wildman–Crippen LogP) is 1.42. The Kier molecular flexibility index (Phi) is 4.88. The van der Waals surface area contributed by atoms with Crippen LogP contribution in [0.2, 0.25) is 0 Å². The summed E-state index contributed by atoms with van der Waals surface area (Å²) in [6.07, 6.45) is 2.43. The van der Waals surface area contributed by atoms with Crippen molar-refractivity contribution in [3.8, 4) is 0 Å². The fourth-order valence-corrected chi connectivity index (χ4v) is 3.26. The van der Waals surface area contributed by atoms with Crippen molar-refractivity contribution in [3.63, 3.8) is 0 Å². The molecule has 1 atom stereocenters. The molecule has 2 aliphatic heterocycles. The van der Waals surface area contributed by atoms with Gasteiger partial charge in [-0.3, -0.25) is 24.7 Å². The van der Waals surface area contributed by atoms with E-state index in [9.17, 15) is 14.4 Å². The van der Waals surface area contributed by atoms with Crippen LogP contribution < -0.4 is 5.32 Å². The zero-order chi connectivity index (χ0) is 18.8. The number of nitrogens with zero attached hydrogens (tertiary/aromatic N) is 2. The standard InChI is InChI=1S/C19H21N3O4/c1-11(26-3)8-15(20-2)12-4-5-14-13(9-12)10-22(19(14)25)16-6-7-17(23)21-18(16)24/h4-5,8-9,16H,6-7,10H2,1-3H3,(H,21,23,24)/b11-8+,20-15?. The Morgan fingerprint density at radius 2 is 2.12 bits per heavy atom. The summed E-state index contributed by atoms with van der Waals surface area (Å²) in [6, 6.07) is 4.92. The fraction of sp³-hybridized carbons (Fsp3) is 0.368.